The quantitative estimate of drug-likeness (QED) is 0.196. The molecule has 4 aromatic carbocycles. The fourth-order valence-electron chi connectivity index (χ4n) is 4.40. The summed E-state index contributed by atoms with van der Waals surface area (Å²) in [7, 11) is 0. The molecule has 0 unspecified atom stereocenters. The fraction of sp³-hybridized carbons (Fsp3) is 0. The van der Waals surface area contributed by atoms with Gasteiger partial charge in [-0.3, -0.25) is 28.8 Å². The van der Waals surface area contributed by atoms with Crippen molar-refractivity contribution in [1.29, 1.82) is 0 Å². The van der Waals surface area contributed by atoms with Crippen LogP contribution in [0, 0.1) is 10.1 Å². The van der Waals surface area contributed by atoms with Crippen LogP contribution >= 0.6 is 0 Å². The number of hydrogen-bond acceptors (Lipinski definition) is 5. The minimum Gasteiger partial charge on any atom is -0.398 e. The van der Waals surface area contributed by atoms with Gasteiger partial charge in [0.05, 0.1) is 21.3 Å². The zero-order valence-electron chi connectivity index (χ0n) is 20.1. The van der Waals surface area contributed by atoms with Gasteiger partial charge in [0, 0.05) is 40.6 Å². The summed E-state index contributed by atoms with van der Waals surface area (Å²) in [6, 6.07) is 35.1. The Bertz CT molecular complexity index is 1900. The van der Waals surface area contributed by atoms with E-state index in [9.17, 15) is 19.7 Å². The molecule has 6 rings (SSSR count). The molecule has 2 aromatic heterocycles. The van der Waals surface area contributed by atoms with Gasteiger partial charge >= 0.3 is 0 Å². The largest absolute Gasteiger partial charge is 0.398 e. The number of nitro benzene ring substituents is 1. The van der Waals surface area contributed by atoms with Crippen LogP contribution in [0.25, 0.3) is 33.2 Å². The molecular formula is C30H22N4O4. The zero-order chi connectivity index (χ0) is 26.6. The first-order valence-corrected chi connectivity index (χ1v) is 11.8. The van der Waals surface area contributed by atoms with E-state index in [1.54, 1.807) is 41.0 Å². The average Bonchev–Trinajstić information content (AvgIpc) is 2.94. The molecule has 0 radical (unpaired) electrons. The highest BCUT2D eigenvalue weighted by atomic mass is 16.6. The van der Waals surface area contributed by atoms with Crippen molar-refractivity contribution in [2.45, 2.75) is 0 Å². The summed E-state index contributed by atoms with van der Waals surface area (Å²) < 4.78 is 3.15. The second-order valence-corrected chi connectivity index (χ2v) is 8.43. The number of rotatable bonds is 3. The Hall–Kier alpha value is -5.50. The first-order valence-electron chi connectivity index (χ1n) is 11.8. The summed E-state index contributed by atoms with van der Waals surface area (Å²) in [4.78, 5) is 34.8. The van der Waals surface area contributed by atoms with Gasteiger partial charge in [-0.2, -0.15) is 0 Å². The predicted octanol–water partition coefficient (Wildman–Crippen LogP) is 5.47. The van der Waals surface area contributed by atoms with Gasteiger partial charge in [-0.15, -0.1) is 0 Å². The summed E-state index contributed by atoms with van der Waals surface area (Å²) in [5.74, 6) is 0. The van der Waals surface area contributed by atoms with Gasteiger partial charge < -0.3 is 5.73 Å². The lowest BCUT2D eigenvalue weighted by molar-refractivity contribution is -0.383. The maximum absolute atomic E-state index is 12.1. The van der Waals surface area contributed by atoms with E-state index < -0.39 is 4.92 Å². The number of nitrogen functional groups attached to an aromatic ring is 1. The van der Waals surface area contributed by atoms with E-state index in [0.29, 0.717) is 22.3 Å². The van der Waals surface area contributed by atoms with Crippen LogP contribution in [-0.4, -0.2) is 14.1 Å². The minimum absolute atomic E-state index is 0.00724. The summed E-state index contributed by atoms with van der Waals surface area (Å²) in [6.45, 7) is 0. The molecule has 2 heterocycles. The molecule has 0 amide bonds. The van der Waals surface area contributed by atoms with E-state index in [0.717, 1.165) is 16.6 Å². The third-order valence-electron chi connectivity index (χ3n) is 6.11. The Kier molecular flexibility index (Phi) is 6.52. The van der Waals surface area contributed by atoms with Crippen LogP contribution in [0.2, 0.25) is 0 Å². The molecule has 186 valence electrons. The Balaban J connectivity index is 0.000000156. The van der Waals surface area contributed by atoms with Gasteiger partial charge in [0.25, 0.3) is 16.8 Å². The molecule has 0 spiro atoms. The third-order valence-corrected chi connectivity index (χ3v) is 6.11. The molecule has 0 aliphatic rings. The Morgan fingerprint density at radius 3 is 1.55 bits per heavy atom. The molecule has 2 N–H and O–H groups in total. The SMILES string of the molecule is Nc1cccc2c1ccc(=O)n2-c1ccccc1.O=c1ccc2c([N+](=O)[O-])cccc2n1-c1ccccc1. The van der Waals surface area contributed by atoms with Gasteiger partial charge in [0.2, 0.25) is 0 Å². The number of hydrogen-bond donors (Lipinski definition) is 1. The normalized spacial score (nSPS) is 10.6. The second kappa shape index (κ2) is 10.2. The lowest BCUT2D eigenvalue weighted by Crippen LogP contribution is -2.17. The van der Waals surface area contributed by atoms with Gasteiger partial charge in [-0.1, -0.05) is 48.5 Å². The number of nitrogens with zero attached hydrogens (tertiary/aromatic N) is 3. The Morgan fingerprint density at radius 2 is 1.03 bits per heavy atom. The molecule has 6 aromatic rings. The molecular weight excluding hydrogens is 480 g/mol. The van der Waals surface area contributed by atoms with E-state index in [2.05, 4.69) is 0 Å². The molecule has 0 saturated heterocycles. The van der Waals surface area contributed by atoms with Gasteiger partial charge in [-0.05, 0) is 54.6 Å². The number of pyridine rings is 2. The third kappa shape index (κ3) is 4.54. The number of nitro groups is 1. The number of aromatic nitrogens is 2. The van der Waals surface area contributed by atoms with E-state index in [-0.39, 0.29) is 16.8 Å². The number of benzene rings is 4. The Morgan fingerprint density at radius 1 is 0.553 bits per heavy atom. The van der Waals surface area contributed by atoms with Crippen LogP contribution in [0.15, 0.2) is 131 Å². The number of para-hydroxylation sites is 2. The Labute approximate surface area is 216 Å². The van der Waals surface area contributed by atoms with E-state index in [4.69, 9.17) is 5.73 Å². The molecule has 0 aliphatic heterocycles. The van der Waals surface area contributed by atoms with Crippen LogP contribution in [0.1, 0.15) is 0 Å². The topological polar surface area (TPSA) is 113 Å². The first kappa shape index (κ1) is 24.2. The van der Waals surface area contributed by atoms with Crippen molar-refractivity contribution in [3.05, 3.63) is 152 Å². The second-order valence-electron chi connectivity index (χ2n) is 8.43. The van der Waals surface area contributed by atoms with Crippen molar-refractivity contribution in [2.75, 3.05) is 5.73 Å². The maximum Gasteiger partial charge on any atom is 0.278 e. The van der Waals surface area contributed by atoms with Crippen molar-refractivity contribution in [3.63, 3.8) is 0 Å². The van der Waals surface area contributed by atoms with Crippen molar-refractivity contribution < 1.29 is 4.92 Å². The number of fused-ring (bicyclic) bond motifs is 2. The van der Waals surface area contributed by atoms with Crippen molar-refractivity contribution >= 4 is 33.2 Å². The van der Waals surface area contributed by atoms with Gasteiger partial charge in [0.1, 0.15) is 0 Å². The smallest absolute Gasteiger partial charge is 0.278 e. The van der Waals surface area contributed by atoms with E-state index in [1.807, 2.05) is 66.7 Å². The predicted molar refractivity (Wildman–Crippen MR) is 150 cm³/mol. The summed E-state index contributed by atoms with van der Waals surface area (Å²) >= 11 is 0. The number of nitrogens with two attached hydrogens (primary N) is 1. The lowest BCUT2D eigenvalue weighted by atomic mass is 10.1. The lowest BCUT2D eigenvalue weighted by Gasteiger charge is -2.10. The summed E-state index contributed by atoms with van der Waals surface area (Å²) in [5, 5.41) is 12.4. The van der Waals surface area contributed by atoms with E-state index >= 15 is 0 Å². The van der Waals surface area contributed by atoms with Gasteiger partial charge in [-0.25, -0.2) is 0 Å². The highest BCUT2D eigenvalue weighted by molar-refractivity contribution is 5.91. The van der Waals surface area contributed by atoms with Crippen LogP contribution in [-0.2, 0) is 0 Å². The molecule has 8 heteroatoms. The number of anilines is 1. The van der Waals surface area contributed by atoms with Crippen molar-refractivity contribution in [2.24, 2.45) is 0 Å². The average molecular weight is 503 g/mol. The summed E-state index contributed by atoms with van der Waals surface area (Å²) in [6.07, 6.45) is 0. The van der Waals surface area contributed by atoms with Crippen LogP contribution < -0.4 is 16.9 Å². The molecule has 0 saturated carbocycles. The number of non-ortho nitro benzene ring substituents is 1. The maximum atomic E-state index is 12.1. The van der Waals surface area contributed by atoms with Crippen molar-refractivity contribution in [1.82, 2.24) is 9.13 Å². The highest BCUT2D eigenvalue weighted by Crippen LogP contribution is 2.25. The molecule has 0 atom stereocenters. The molecule has 0 bridgehead atoms. The van der Waals surface area contributed by atoms with E-state index in [1.165, 1.54) is 22.8 Å². The summed E-state index contributed by atoms with van der Waals surface area (Å²) in [5.41, 5.74) is 9.22. The highest BCUT2D eigenvalue weighted by Gasteiger charge is 2.14. The molecule has 38 heavy (non-hydrogen) atoms. The molecule has 8 nitrogen and oxygen atoms in total. The van der Waals surface area contributed by atoms with Crippen LogP contribution in [0.3, 0.4) is 0 Å². The van der Waals surface area contributed by atoms with Gasteiger partial charge in [0.15, 0.2) is 0 Å². The van der Waals surface area contributed by atoms with Crippen molar-refractivity contribution in [3.8, 4) is 11.4 Å². The molecule has 0 aliphatic carbocycles. The zero-order valence-corrected chi connectivity index (χ0v) is 20.1. The fourth-order valence-corrected chi connectivity index (χ4v) is 4.40. The first-order chi connectivity index (χ1) is 18.5. The standard InChI is InChI=1S/C15H10N2O3.C15H12N2O/c18-15-10-9-12-13(7-4-8-14(12)17(19)20)16(15)11-5-2-1-3-6-11;16-13-7-4-8-14-12(13)9-10-15(18)17(14)11-5-2-1-3-6-11/h1-10H;1-10H,16H2. The monoisotopic (exact) mass is 502 g/mol. The minimum atomic E-state index is -0.442. The van der Waals surface area contributed by atoms with Crippen LogP contribution in [0.5, 0.6) is 0 Å². The molecule has 0 fully saturated rings. The van der Waals surface area contributed by atoms with Crippen LogP contribution in [0.4, 0.5) is 11.4 Å².